The summed E-state index contributed by atoms with van der Waals surface area (Å²) in [6, 6.07) is -0.775. The van der Waals surface area contributed by atoms with E-state index in [0.29, 0.717) is 6.54 Å². The van der Waals surface area contributed by atoms with Gasteiger partial charge in [-0.05, 0) is 31.8 Å². The first-order chi connectivity index (χ1) is 7.91. The molecule has 1 saturated heterocycles. The summed E-state index contributed by atoms with van der Waals surface area (Å²) < 4.78 is 0. The summed E-state index contributed by atoms with van der Waals surface area (Å²) in [5.41, 5.74) is 5.80. The molecule has 1 heterocycles. The van der Waals surface area contributed by atoms with Crippen LogP contribution in [0, 0.1) is 5.41 Å². The molecule has 0 saturated carbocycles. The van der Waals surface area contributed by atoms with Crippen molar-refractivity contribution >= 4 is 11.9 Å². The number of carbonyl (C=O) groups is 2. The smallest absolute Gasteiger partial charge is 0.321 e. The Kier molecular flexibility index (Phi) is 4.47. The van der Waals surface area contributed by atoms with E-state index in [1.165, 1.54) is 7.05 Å². The van der Waals surface area contributed by atoms with Crippen LogP contribution in [0.1, 0.15) is 20.3 Å². The van der Waals surface area contributed by atoms with E-state index >= 15 is 0 Å². The molecule has 98 valence electrons. The Morgan fingerprint density at radius 1 is 1.53 bits per heavy atom. The third-order valence-corrected chi connectivity index (χ3v) is 3.47. The van der Waals surface area contributed by atoms with Gasteiger partial charge in [-0.25, -0.2) is 4.79 Å². The molecule has 2 unspecified atom stereocenters. The standard InChI is InChI=1S/C11H22N4O2/c1-8(9(16)14-10(17)13-3)15-5-4-11(2,6-12)7-15/h8H,4-7,12H2,1-3H3,(H2,13,14,16,17). The van der Waals surface area contributed by atoms with E-state index in [0.717, 1.165) is 19.5 Å². The van der Waals surface area contributed by atoms with Crippen LogP contribution in [0.4, 0.5) is 4.79 Å². The summed E-state index contributed by atoms with van der Waals surface area (Å²) in [5, 5.41) is 4.65. The van der Waals surface area contributed by atoms with Crippen molar-refractivity contribution in [3.8, 4) is 0 Å². The Morgan fingerprint density at radius 3 is 2.65 bits per heavy atom. The molecule has 1 aliphatic rings. The highest BCUT2D eigenvalue weighted by atomic mass is 16.2. The van der Waals surface area contributed by atoms with Crippen LogP contribution in [-0.4, -0.2) is 49.6 Å². The molecule has 0 aliphatic carbocycles. The number of likely N-dealkylation sites (tertiary alicyclic amines) is 1. The number of amides is 3. The largest absolute Gasteiger partial charge is 0.341 e. The third kappa shape index (κ3) is 3.41. The summed E-state index contributed by atoms with van der Waals surface area (Å²) in [6.45, 7) is 6.19. The summed E-state index contributed by atoms with van der Waals surface area (Å²) in [6.07, 6.45) is 0.987. The fourth-order valence-corrected chi connectivity index (χ4v) is 2.00. The van der Waals surface area contributed by atoms with Crippen LogP contribution in [0.2, 0.25) is 0 Å². The van der Waals surface area contributed by atoms with Gasteiger partial charge in [0.15, 0.2) is 0 Å². The predicted octanol–water partition coefficient (Wildman–Crippen LogP) is -0.499. The van der Waals surface area contributed by atoms with E-state index < -0.39 is 6.03 Å². The van der Waals surface area contributed by atoms with Crippen LogP contribution in [0.15, 0.2) is 0 Å². The molecule has 0 spiro atoms. The predicted molar refractivity (Wildman–Crippen MR) is 65.4 cm³/mol. The summed E-state index contributed by atoms with van der Waals surface area (Å²) >= 11 is 0. The average Bonchev–Trinajstić information content (AvgIpc) is 2.71. The number of imide groups is 1. The minimum absolute atomic E-state index is 0.0849. The Hall–Kier alpha value is -1.14. The lowest BCUT2D eigenvalue weighted by atomic mass is 9.90. The molecule has 4 N–H and O–H groups in total. The molecular formula is C11H22N4O2. The van der Waals surface area contributed by atoms with Crippen molar-refractivity contribution in [1.82, 2.24) is 15.5 Å². The van der Waals surface area contributed by atoms with Crippen LogP contribution < -0.4 is 16.4 Å². The van der Waals surface area contributed by atoms with Crippen LogP contribution >= 0.6 is 0 Å². The molecule has 0 bridgehead atoms. The van der Waals surface area contributed by atoms with Crippen LogP contribution in [0.3, 0.4) is 0 Å². The van der Waals surface area contributed by atoms with Crippen molar-refractivity contribution in [1.29, 1.82) is 0 Å². The molecule has 2 atom stereocenters. The second-order valence-electron chi connectivity index (χ2n) is 4.98. The summed E-state index contributed by atoms with van der Waals surface area (Å²) in [7, 11) is 1.48. The highest BCUT2D eigenvalue weighted by Crippen LogP contribution is 2.29. The maximum Gasteiger partial charge on any atom is 0.321 e. The fourth-order valence-electron chi connectivity index (χ4n) is 2.00. The molecule has 6 nitrogen and oxygen atoms in total. The van der Waals surface area contributed by atoms with Gasteiger partial charge in [0.05, 0.1) is 6.04 Å². The van der Waals surface area contributed by atoms with E-state index in [1.807, 2.05) is 0 Å². The van der Waals surface area contributed by atoms with Gasteiger partial charge in [0.2, 0.25) is 5.91 Å². The Labute approximate surface area is 102 Å². The zero-order valence-electron chi connectivity index (χ0n) is 10.7. The Morgan fingerprint density at radius 2 is 2.18 bits per heavy atom. The van der Waals surface area contributed by atoms with Gasteiger partial charge in [-0.3, -0.25) is 15.0 Å². The average molecular weight is 242 g/mol. The van der Waals surface area contributed by atoms with Crippen LogP contribution in [0.5, 0.6) is 0 Å². The molecule has 1 rings (SSSR count). The molecular weight excluding hydrogens is 220 g/mol. The molecule has 0 aromatic carbocycles. The molecule has 3 amide bonds. The molecule has 17 heavy (non-hydrogen) atoms. The first kappa shape index (κ1) is 13.9. The van der Waals surface area contributed by atoms with Gasteiger partial charge in [-0.2, -0.15) is 0 Å². The first-order valence-corrected chi connectivity index (χ1v) is 5.88. The number of nitrogens with zero attached hydrogens (tertiary/aromatic N) is 1. The van der Waals surface area contributed by atoms with E-state index in [-0.39, 0.29) is 17.4 Å². The van der Waals surface area contributed by atoms with Crippen molar-refractivity contribution in [2.75, 3.05) is 26.7 Å². The minimum atomic E-state index is -0.470. The molecule has 0 aromatic heterocycles. The van der Waals surface area contributed by atoms with Gasteiger partial charge >= 0.3 is 6.03 Å². The topological polar surface area (TPSA) is 87.5 Å². The van der Waals surface area contributed by atoms with Gasteiger partial charge in [-0.15, -0.1) is 0 Å². The second kappa shape index (κ2) is 5.46. The van der Waals surface area contributed by atoms with E-state index in [2.05, 4.69) is 22.5 Å². The number of carbonyl (C=O) groups excluding carboxylic acids is 2. The lowest BCUT2D eigenvalue weighted by Gasteiger charge is -2.26. The number of nitrogens with one attached hydrogen (secondary N) is 2. The molecule has 0 radical (unpaired) electrons. The number of rotatable bonds is 3. The Bertz CT molecular complexity index is 308. The van der Waals surface area contributed by atoms with Crippen LogP contribution in [-0.2, 0) is 4.79 Å². The SMILES string of the molecule is CNC(=O)NC(=O)C(C)N1CCC(C)(CN)C1. The van der Waals surface area contributed by atoms with Crippen molar-refractivity contribution in [3.63, 3.8) is 0 Å². The normalized spacial score (nSPS) is 26.6. The summed E-state index contributed by atoms with van der Waals surface area (Å²) in [5.74, 6) is -0.273. The quantitative estimate of drug-likeness (QED) is 0.622. The number of hydrogen-bond donors (Lipinski definition) is 3. The molecule has 1 aliphatic heterocycles. The second-order valence-corrected chi connectivity index (χ2v) is 4.98. The van der Waals surface area contributed by atoms with Crippen LogP contribution in [0.25, 0.3) is 0 Å². The minimum Gasteiger partial charge on any atom is -0.341 e. The third-order valence-electron chi connectivity index (χ3n) is 3.47. The van der Waals surface area contributed by atoms with Gasteiger partial charge in [0.25, 0.3) is 0 Å². The summed E-state index contributed by atoms with van der Waals surface area (Å²) in [4.78, 5) is 24.9. The number of nitrogens with two attached hydrogens (primary N) is 1. The van der Waals surface area contributed by atoms with Gasteiger partial charge < -0.3 is 11.1 Å². The molecule has 0 aromatic rings. The number of hydrogen-bond acceptors (Lipinski definition) is 4. The highest BCUT2D eigenvalue weighted by molar-refractivity contribution is 5.96. The maximum atomic E-state index is 11.8. The van der Waals surface area contributed by atoms with Crippen molar-refractivity contribution in [2.24, 2.45) is 11.1 Å². The van der Waals surface area contributed by atoms with E-state index in [1.54, 1.807) is 6.92 Å². The maximum absolute atomic E-state index is 11.8. The lowest BCUT2D eigenvalue weighted by Crippen LogP contribution is -2.49. The van der Waals surface area contributed by atoms with Gasteiger partial charge in [0, 0.05) is 13.6 Å². The van der Waals surface area contributed by atoms with Gasteiger partial charge in [-0.1, -0.05) is 6.92 Å². The van der Waals surface area contributed by atoms with Crippen molar-refractivity contribution in [3.05, 3.63) is 0 Å². The van der Waals surface area contributed by atoms with E-state index in [9.17, 15) is 9.59 Å². The van der Waals surface area contributed by atoms with Crippen molar-refractivity contribution < 1.29 is 9.59 Å². The zero-order chi connectivity index (χ0) is 13.1. The molecule has 6 heteroatoms. The first-order valence-electron chi connectivity index (χ1n) is 5.88. The van der Waals surface area contributed by atoms with E-state index in [4.69, 9.17) is 5.73 Å². The monoisotopic (exact) mass is 242 g/mol. The van der Waals surface area contributed by atoms with Crippen molar-refractivity contribution in [2.45, 2.75) is 26.3 Å². The lowest BCUT2D eigenvalue weighted by molar-refractivity contribution is -0.124. The Balaban J connectivity index is 2.51. The number of urea groups is 1. The highest BCUT2D eigenvalue weighted by Gasteiger charge is 2.36. The zero-order valence-corrected chi connectivity index (χ0v) is 10.7. The van der Waals surface area contributed by atoms with Gasteiger partial charge in [0.1, 0.15) is 0 Å². The fraction of sp³-hybridized carbons (Fsp3) is 0.818. The molecule has 1 fully saturated rings.